The lowest BCUT2D eigenvalue weighted by Crippen LogP contribution is -2.33. The van der Waals surface area contributed by atoms with Crippen LogP contribution in [0.2, 0.25) is 10.0 Å². The quantitative estimate of drug-likeness (QED) is 0.350. The lowest BCUT2D eigenvalue weighted by atomic mass is 9.82. The van der Waals surface area contributed by atoms with Crippen molar-refractivity contribution >= 4 is 40.6 Å². The van der Waals surface area contributed by atoms with Crippen molar-refractivity contribution < 1.29 is 4.79 Å². The maximum Gasteiger partial charge on any atom is 0.227 e. The zero-order valence-electron chi connectivity index (χ0n) is 18.9. The van der Waals surface area contributed by atoms with E-state index in [9.17, 15) is 4.79 Å². The molecule has 7 heteroatoms. The van der Waals surface area contributed by atoms with Gasteiger partial charge in [-0.3, -0.25) is 4.79 Å². The summed E-state index contributed by atoms with van der Waals surface area (Å²) >= 11 is 12.5. The molecule has 1 amide bonds. The Labute approximate surface area is 209 Å². The van der Waals surface area contributed by atoms with E-state index in [1.165, 1.54) is 0 Å². The smallest absolute Gasteiger partial charge is 0.227 e. The third-order valence-electron chi connectivity index (χ3n) is 6.44. The van der Waals surface area contributed by atoms with E-state index in [0.717, 1.165) is 33.8 Å². The summed E-state index contributed by atoms with van der Waals surface area (Å²) in [6.45, 7) is 0. The van der Waals surface area contributed by atoms with Gasteiger partial charge in [-0.15, -0.1) is 0 Å². The van der Waals surface area contributed by atoms with Gasteiger partial charge in [-0.2, -0.15) is 0 Å². The van der Waals surface area contributed by atoms with E-state index in [4.69, 9.17) is 23.2 Å². The van der Waals surface area contributed by atoms with Crippen LogP contribution in [-0.4, -0.2) is 22.5 Å². The minimum absolute atomic E-state index is 0.0695. The van der Waals surface area contributed by atoms with Crippen molar-refractivity contribution in [3.8, 4) is 0 Å². The second-order valence-corrected chi connectivity index (χ2v) is 9.47. The van der Waals surface area contributed by atoms with Crippen molar-refractivity contribution in [2.75, 3.05) is 17.3 Å². The molecule has 1 aromatic heterocycles. The van der Waals surface area contributed by atoms with Crippen molar-refractivity contribution in [2.24, 2.45) is 7.05 Å². The molecule has 5 nitrogen and oxygen atoms in total. The molecule has 34 heavy (non-hydrogen) atoms. The van der Waals surface area contributed by atoms with E-state index in [2.05, 4.69) is 22.4 Å². The highest BCUT2D eigenvalue weighted by atomic mass is 35.5. The second kappa shape index (κ2) is 9.16. The van der Waals surface area contributed by atoms with Crippen LogP contribution in [0.3, 0.4) is 0 Å². The number of aryl methyl sites for hydroxylation is 1. The maximum absolute atomic E-state index is 12.8. The average molecular weight is 491 g/mol. The van der Waals surface area contributed by atoms with E-state index in [0.29, 0.717) is 16.5 Å². The summed E-state index contributed by atoms with van der Waals surface area (Å²) in [7, 11) is 3.79. The van der Waals surface area contributed by atoms with Gasteiger partial charge in [0.05, 0.1) is 18.6 Å². The Morgan fingerprint density at radius 3 is 2.44 bits per heavy atom. The fourth-order valence-corrected chi connectivity index (χ4v) is 4.90. The van der Waals surface area contributed by atoms with Gasteiger partial charge in [-0.1, -0.05) is 59.6 Å². The van der Waals surface area contributed by atoms with E-state index >= 15 is 0 Å². The van der Waals surface area contributed by atoms with Crippen molar-refractivity contribution in [3.05, 3.63) is 112 Å². The minimum Gasteiger partial charge on any atom is -0.359 e. The molecular formula is C27H24Cl2N4O. The molecule has 0 bridgehead atoms. The molecule has 0 fully saturated rings. The number of carbonyl (C=O) groups excluding carboxylic acids is 1. The van der Waals surface area contributed by atoms with Gasteiger partial charge >= 0.3 is 0 Å². The minimum atomic E-state index is -0.138. The second-order valence-electron chi connectivity index (χ2n) is 8.60. The molecule has 0 saturated heterocycles. The molecule has 0 aliphatic carbocycles. The highest BCUT2D eigenvalue weighted by molar-refractivity contribution is 6.30. The predicted molar refractivity (Wildman–Crippen MR) is 138 cm³/mol. The van der Waals surface area contributed by atoms with E-state index in [-0.39, 0.29) is 17.9 Å². The first-order valence-electron chi connectivity index (χ1n) is 11.0. The Kier molecular flexibility index (Phi) is 6.07. The number of nitrogens with zero attached hydrogens (tertiary/aromatic N) is 3. The number of fused-ring (bicyclic) bond motifs is 1. The molecule has 0 radical (unpaired) electrons. The van der Waals surface area contributed by atoms with Crippen molar-refractivity contribution in [1.82, 2.24) is 9.55 Å². The zero-order valence-corrected chi connectivity index (χ0v) is 20.4. The number of nitrogens with one attached hydrogen (secondary N) is 1. The lowest BCUT2D eigenvalue weighted by molar-refractivity contribution is -0.118. The van der Waals surface area contributed by atoms with E-state index in [1.54, 1.807) is 11.2 Å². The monoisotopic (exact) mass is 490 g/mol. The molecular weight excluding hydrogens is 467 g/mol. The summed E-state index contributed by atoms with van der Waals surface area (Å²) in [4.78, 5) is 18.8. The van der Waals surface area contributed by atoms with Crippen LogP contribution in [0, 0.1) is 0 Å². The van der Waals surface area contributed by atoms with Gasteiger partial charge in [-0.05, 0) is 52.6 Å². The molecule has 2 unspecified atom stereocenters. The number of hydrogen-bond acceptors (Lipinski definition) is 3. The third kappa shape index (κ3) is 4.29. The van der Waals surface area contributed by atoms with Gasteiger partial charge in [0.15, 0.2) is 0 Å². The molecule has 3 aromatic carbocycles. The van der Waals surface area contributed by atoms with Gasteiger partial charge in [0, 0.05) is 42.2 Å². The van der Waals surface area contributed by atoms with Crippen LogP contribution < -0.4 is 10.2 Å². The fraction of sp³-hybridized carbons (Fsp3) is 0.185. The highest BCUT2D eigenvalue weighted by Crippen LogP contribution is 2.42. The van der Waals surface area contributed by atoms with Crippen molar-refractivity contribution in [2.45, 2.75) is 18.4 Å². The zero-order chi connectivity index (χ0) is 23.8. The first kappa shape index (κ1) is 22.5. The molecule has 172 valence electrons. The number of anilines is 2. The first-order chi connectivity index (χ1) is 16.4. The standard InChI is InChI=1S/C27H24Cl2N4O/c1-32-16-30-15-25(32)31-27(17-6-9-20(28)10-7-17)19-8-11-24-23(13-19)22(14-26(34)33(24)2)18-4-3-5-21(29)12-18/h3-13,15-16,22,27,31H,14H2,1-2H3. The molecule has 1 aliphatic rings. The van der Waals surface area contributed by atoms with Crippen LogP contribution in [-0.2, 0) is 11.8 Å². The molecule has 1 aliphatic heterocycles. The summed E-state index contributed by atoms with van der Waals surface area (Å²) in [6.07, 6.45) is 3.97. The third-order valence-corrected chi connectivity index (χ3v) is 6.92. The van der Waals surface area contributed by atoms with Gasteiger partial charge in [-0.25, -0.2) is 4.98 Å². The number of amides is 1. The number of carbonyl (C=O) groups is 1. The van der Waals surface area contributed by atoms with E-state index in [1.807, 2.05) is 79.5 Å². The van der Waals surface area contributed by atoms with Gasteiger partial charge < -0.3 is 14.8 Å². The summed E-state index contributed by atoms with van der Waals surface area (Å²) in [5.74, 6) is 0.920. The van der Waals surface area contributed by atoms with Gasteiger partial charge in [0.2, 0.25) is 5.91 Å². The average Bonchev–Trinajstić information content (AvgIpc) is 3.24. The van der Waals surface area contributed by atoms with Crippen molar-refractivity contribution in [3.63, 3.8) is 0 Å². The SMILES string of the molecule is CN1C(=O)CC(c2cccc(Cl)c2)c2cc(C(Nc3cncn3C)c3ccc(Cl)cc3)ccc21. The Hall–Kier alpha value is -3.28. The number of rotatable bonds is 5. The Bertz CT molecular complexity index is 1350. The summed E-state index contributed by atoms with van der Waals surface area (Å²) in [5.41, 5.74) is 5.21. The Balaban J connectivity index is 1.63. The van der Waals surface area contributed by atoms with Gasteiger partial charge in [0.1, 0.15) is 5.82 Å². The molecule has 2 heterocycles. The summed E-state index contributed by atoms with van der Waals surface area (Å²) in [5, 5.41) is 4.98. The van der Waals surface area contributed by atoms with Crippen LogP contribution in [0.4, 0.5) is 11.5 Å². The highest BCUT2D eigenvalue weighted by Gasteiger charge is 2.31. The number of hydrogen-bond donors (Lipinski definition) is 1. The number of benzene rings is 3. The van der Waals surface area contributed by atoms with E-state index < -0.39 is 0 Å². The van der Waals surface area contributed by atoms with Crippen LogP contribution in [0.5, 0.6) is 0 Å². The predicted octanol–water partition coefficient (Wildman–Crippen LogP) is 6.43. The van der Waals surface area contributed by atoms with Gasteiger partial charge in [0.25, 0.3) is 0 Å². The lowest BCUT2D eigenvalue weighted by Gasteiger charge is -2.33. The molecule has 4 aromatic rings. The summed E-state index contributed by atoms with van der Waals surface area (Å²) < 4.78 is 1.95. The van der Waals surface area contributed by atoms with Crippen LogP contribution >= 0.6 is 23.2 Å². The first-order valence-corrected chi connectivity index (χ1v) is 11.8. The van der Waals surface area contributed by atoms with Crippen LogP contribution in [0.25, 0.3) is 0 Å². The Morgan fingerprint density at radius 2 is 1.74 bits per heavy atom. The molecule has 2 atom stereocenters. The number of imidazole rings is 1. The largest absolute Gasteiger partial charge is 0.359 e. The summed E-state index contributed by atoms with van der Waals surface area (Å²) in [6, 6.07) is 21.8. The molecule has 5 rings (SSSR count). The fourth-order valence-electron chi connectivity index (χ4n) is 4.57. The Morgan fingerprint density at radius 1 is 0.971 bits per heavy atom. The molecule has 0 spiro atoms. The van der Waals surface area contributed by atoms with Crippen molar-refractivity contribution in [1.29, 1.82) is 0 Å². The number of aromatic nitrogens is 2. The van der Waals surface area contributed by atoms with Crippen LogP contribution in [0.15, 0.2) is 79.3 Å². The number of halogens is 2. The van der Waals surface area contributed by atoms with Crippen LogP contribution in [0.1, 0.15) is 40.6 Å². The maximum atomic E-state index is 12.8. The molecule has 0 saturated carbocycles. The normalized spacial score (nSPS) is 16.3. The topological polar surface area (TPSA) is 50.2 Å². The molecule has 1 N–H and O–H groups in total.